The minimum Gasteiger partial charge on any atom is -0.494 e. The Balaban J connectivity index is 1.62. The standard InChI is InChI=1S/C17H26N2O4S/c1-15-6-5-7-16(14-15)23-13-4-3-8-17(20)18-9-11-19(12-10-18)24(2,21)22/h5-7,14H,3-4,8-13H2,1-2H3. The molecule has 0 N–H and O–H groups in total. The maximum atomic E-state index is 12.1. The summed E-state index contributed by atoms with van der Waals surface area (Å²) in [6, 6.07) is 7.91. The number of carbonyl (C=O) groups is 1. The number of hydrogen-bond donors (Lipinski definition) is 0. The van der Waals surface area contributed by atoms with E-state index in [2.05, 4.69) is 0 Å². The number of hydrogen-bond acceptors (Lipinski definition) is 4. The van der Waals surface area contributed by atoms with Crippen LogP contribution in [0.15, 0.2) is 24.3 Å². The van der Waals surface area contributed by atoms with Crippen molar-refractivity contribution in [3.63, 3.8) is 0 Å². The van der Waals surface area contributed by atoms with Gasteiger partial charge in [-0.1, -0.05) is 12.1 Å². The predicted octanol–water partition coefficient (Wildman–Crippen LogP) is 1.65. The molecule has 6 nitrogen and oxygen atoms in total. The molecule has 0 radical (unpaired) electrons. The first-order chi connectivity index (χ1) is 11.4. The van der Waals surface area contributed by atoms with Gasteiger partial charge in [-0.2, -0.15) is 4.31 Å². The molecular weight excluding hydrogens is 328 g/mol. The molecular formula is C17H26N2O4S. The van der Waals surface area contributed by atoms with Crippen LogP contribution < -0.4 is 4.74 Å². The van der Waals surface area contributed by atoms with Gasteiger partial charge in [0.2, 0.25) is 15.9 Å². The van der Waals surface area contributed by atoms with Crippen LogP contribution in [-0.4, -0.2) is 62.6 Å². The van der Waals surface area contributed by atoms with Crippen LogP contribution >= 0.6 is 0 Å². The van der Waals surface area contributed by atoms with E-state index in [1.807, 2.05) is 31.2 Å². The van der Waals surface area contributed by atoms with E-state index in [-0.39, 0.29) is 5.91 Å². The zero-order valence-electron chi connectivity index (χ0n) is 14.4. The van der Waals surface area contributed by atoms with Crippen LogP contribution in [0.1, 0.15) is 24.8 Å². The van der Waals surface area contributed by atoms with Crippen molar-refractivity contribution in [2.75, 3.05) is 39.0 Å². The molecule has 1 saturated heterocycles. The number of unbranched alkanes of at least 4 members (excludes halogenated alkanes) is 1. The van der Waals surface area contributed by atoms with E-state index in [0.29, 0.717) is 39.2 Å². The molecule has 0 unspecified atom stereocenters. The summed E-state index contributed by atoms with van der Waals surface area (Å²) in [7, 11) is -3.15. The molecule has 0 bridgehead atoms. The molecule has 1 aromatic carbocycles. The molecule has 1 aliphatic heterocycles. The summed E-state index contributed by atoms with van der Waals surface area (Å²) in [4.78, 5) is 13.9. The van der Waals surface area contributed by atoms with Gasteiger partial charge in [0.1, 0.15) is 5.75 Å². The van der Waals surface area contributed by atoms with Crippen molar-refractivity contribution in [1.29, 1.82) is 0 Å². The highest BCUT2D eigenvalue weighted by atomic mass is 32.2. The van der Waals surface area contributed by atoms with E-state index in [9.17, 15) is 13.2 Å². The first kappa shape index (κ1) is 18.7. The number of carbonyl (C=O) groups excluding carboxylic acids is 1. The fraction of sp³-hybridized carbons (Fsp3) is 0.588. The number of aryl methyl sites for hydroxylation is 1. The van der Waals surface area contributed by atoms with Gasteiger partial charge in [-0.15, -0.1) is 0 Å². The number of amides is 1. The second-order valence-corrected chi connectivity index (χ2v) is 8.15. The molecule has 0 aliphatic carbocycles. The van der Waals surface area contributed by atoms with Gasteiger partial charge in [-0.25, -0.2) is 8.42 Å². The molecule has 134 valence electrons. The molecule has 0 aromatic heterocycles. The first-order valence-electron chi connectivity index (χ1n) is 8.28. The number of rotatable bonds is 7. The number of ether oxygens (including phenoxy) is 1. The van der Waals surface area contributed by atoms with Gasteiger partial charge < -0.3 is 9.64 Å². The molecule has 0 atom stereocenters. The Morgan fingerprint density at radius 3 is 2.50 bits per heavy atom. The third-order valence-electron chi connectivity index (χ3n) is 4.10. The fourth-order valence-corrected chi connectivity index (χ4v) is 3.53. The minimum absolute atomic E-state index is 0.0960. The summed E-state index contributed by atoms with van der Waals surface area (Å²) < 4.78 is 30.0. The lowest BCUT2D eigenvalue weighted by atomic mass is 10.2. The Morgan fingerprint density at radius 1 is 1.17 bits per heavy atom. The maximum absolute atomic E-state index is 12.1. The topological polar surface area (TPSA) is 66.9 Å². The van der Waals surface area contributed by atoms with Crippen LogP contribution in [0.5, 0.6) is 5.75 Å². The van der Waals surface area contributed by atoms with Gasteiger partial charge >= 0.3 is 0 Å². The van der Waals surface area contributed by atoms with E-state index in [1.165, 1.54) is 10.6 Å². The third kappa shape index (κ3) is 5.79. The largest absolute Gasteiger partial charge is 0.494 e. The lowest BCUT2D eigenvalue weighted by molar-refractivity contribution is -0.132. The second kappa shape index (κ2) is 8.48. The highest BCUT2D eigenvalue weighted by Crippen LogP contribution is 2.13. The average Bonchev–Trinajstić information content (AvgIpc) is 2.54. The Hall–Kier alpha value is -1.60. The summed E-state index contributed by atoms with van der Waals surface area (Å²) in [6.45, 7) is 4.35. The third-order valence-corrected chi connectivity index (χ3v) is 5.41. The van der Waals surface area contributed by atoms with Crippen LogP contribution in [-0.2, 0) is 14.8 Å². The van der Waals surface area contributed by atoms with Crippen LogP contribution in [0.4, 0.5) is 0 Å². The van der Waals surface area contributed by atoms with Crippen molar-refractivity contribution in [1.82, 2.24) is 9.21 Å². The lowest BCUT2D eigenvalue weighted by Crippen LogP contribution is -2.50. The number of benzene rings is 1. The SMILES string of the molecule is Cc1cccc(OCCCCC(=O)N2CCN(S(C)(=O)=O)CC2)c1. The lowest BCUT2D eigenvalue weighted by Gasteiger charge is -2.33. The minimum atomic E-state index is -3.15. The Labute approximate surface area is 144 Å². The summed E-state index contributed by atoms with van der Waals surface area (Å²) in [5.41, 5.74) is 1.16. The second-order valence-electron chi connectivity index (χ2n) is 6.16. The van der Waals surface area contributed by atoms with Crippen LogP contribution in [0.25, 0.3) is 0 Å². The molecule has 7 heteroatoms. The van der Waals surface area contributed by atoms with Crippen LogP contribution in [0.3, 0.4) is 0 Å². The zero-order valence-corrected chi connectivity index (χ0v) is 15.2. The summed E-state index contributed by atoms with van der Waals surface area (Å²) in [5, 5.41) is 0. The van der Waals surface area contributed by atoms with Crippen molar-refractivity contribution in [3.8, 4) is 5.75 Å². The van der Waals surface area contributed by atoms with Crippen molar-refractivity contribution in [2.24, 2.45) is 0 Å². The molecule has 1 aliphatic rings. The molecule has 0 spiro atoms. The quantitative estimate of drug-likeness (QED) is 0.698. The van der Waals surface area contributed by atoms with Crippen molar-refractivity contribution < 1.29 is 17.9 Å². The summed E-state index contributed by atoms with van der Waals surface area (Å²) in [5.74, 6) is 0.955. The summed E-state index contributed by atoms with van der Waals surface area (Å²) >= 11 is 0. The van der Waals surface area contributed by atoms with Crippen molar-refractivity contribution in [2.45, 2.75) is 26.2 Å². The van der Waals surface area contributed by atoms with Gasteiger partial charge in [0.05, 0.1) is 12.9 Å². The van der Waals surface area contributed by atoms with Crippen LogP contribution in [0, 0.1) is 6.92 Å². The highest BCUT2D eigenvalue weighted by Gasteiger charge is 2.25. The Morgan fingerprint density at radius 2 is 1.88 bits per heavy atom. The monoisotopic (exact) mass is 354 g/mol. The molecule has 1 fully saturated rings. The highest BCUT2D eigenvalue weighted by molar-refractivity contribution is 7.88. The van der Waals surface area contributed by atoms with E-state index in [0.717, 1.165) is 24.2 Å². The molecule has 1 heterocycles. The van der Waals surface area contributed by atoms with Crippen molar-refractivity contribution >= 4 is 15.9 Å². The molecule has 2 rings (SSSR count). The van der Waals surface area contributed by atoms with Crippen LogP contribution in [0.2, 0.25) is 0 Å². The van der Waals surface area contributed by atoms with E-state index >= 15 is 0 Å². The smallest absolute Gasteiger partial charge is 0.222 e. The number of nitrogens with zero attached hydrogens (tertiary/aromatic N) is 2. The fourth-order valence-electron chi connectivity index (χ4n) is 2.70. The normalized spacial score (nSPS) is 16.2. The number of sulfonamides is 1. The van der Waals surface area contributed by atoms with Gasteiger partial charge in [-0.05, 0) is 37.5 Å². The van der Waals surface area contributed by atoms with Gasteiger partial charge in [0.15, 0.2) is 0 Å². The van der Waals surface area contributed by atoms with Gasteiger partial charge in [0, 0.05) is 32.6 Å². The van der Waals surface area contributed by atoms with Crippen molar-refractivity contribution in [3.05, 3.63) is 29.8 Å². The maximum Gasteiger partial charge on any atom is 0.222 e. The average molecular weight is 354 g/mol. The van der Waals surface area contributed by atoms with E-state index in [4.69, 9.17) is 4.74 Å². The zero-order chi connectivity index (χ0) is 17.6. The van der Waals surface area contributed by atoms with E-state index < -0.39 is 10.0 Å². The molecule has 1 amide bonds. The Kier molecular flexibility index (Phi) is 6.62. The van der Waals surface area contributed by atoms with Gasteiger partial charge in [-0.3, -0.25) is 4.79 Å². The Bertz CT molecular complexity index is 652. The first-order valence-corrected chi connectivity index (χ1v) is 10.1. The van der Waals surface area contributed by atoms with E-state index in [1.54, 1.807) is 4.90 Å². The van der Waals surface area contributed by atoms with Gasteiger partial charge in [0.25, 0.3) is 0 Å². The predicted molar refractivity (Wildman–Crippen MR) is 93.5 cm³/mol. The summed E-state index contributed by atoms with van der Waals surface area (Å²) in [6.07, 6.45) is 3.29. The molecule has 1 aromatic rings. The molecule has 24 heavy (non-hydrogen) atoms. The molecule has 0 saturated carbocycles. The number of piperazine rings is 1.